The topological polar surface area (TPSA) is 54.5 Å². The molecule has 3 rings (SSSR count). The van der Waals surface area contributed by atoms with Gasteiger partial charge < -0.3 is 4.98 Å². The molecule has 0 saturated heterocycles. The Kier molecular flexibility index (Phi) is 2.46. The van der Waals surface area contributed by atoms with Crippen molar-refractivity contribution in [2.45, 2.75) is 0 Å². The van der Waals surface area contributed by atoms with Gasteiger partial charge in [-0.15, -0.1) is 0 Å². The first kappa shape index (κ1) is 10.5. The fourth-order valence-corrected chi connectivity index (χ4v) is 2.02. The van der Waals surface area contributed by atoms with E-state index < -0.39 is 0 Å². The van der Waals surface area contributed by atoms with E-state index in [0.717, 1.165) is 16.6 Å². The third-order valence-electron chi connectivity index (χ3n) is 2.42. The predicted molar refractivity (Wildman–Crippen MR) is 67.1 cm³/mol. The number of benzene rings is 1. The summed E-state index contributed by atoms with van der Waals surface area (Å²) in [6.07, 6.45) is 3.11. The van der Waals surface area contributed by atoms with Crippen LogP contribution in [0.4, 0.5) is 0 Å². The number of rotatable bonds is 1. The van der Waals surface area contributed by atoms with Gasteiger partial charge in [0.1, 0.15) is 0 Å². The second-order valence-corrected chi connectivity index (χ2v) is 4.19. The lowest BCUT2D eigenvalue weighted by Crippen LogP contribution is -1.90. The maximum Gasteiger partial charge on any atom is 0.222 e. The summed E-state index contributed by atoms with van der Waals surface area (Å²) in [5.41, 5.74) is 3.15. The van der Waals surface area contributed by atoms with Crippen LogP contribution in [0.25, 0.3) is 22.3 Å². The lowest BCUT2D eigenvalue weighted by molar-refractivity contribution is 1.17. The van der Waals surface area contributed by atoms with Gasteiger partial charge in [0, 0.05) is 5.56 Å². The van der Waals surface area contributed by atoms with Crippen molar-refractivity contribution < 1.29 is 0 Å². The second kappa shape index (κ2) is 3.98. The van der Waals surface area contributed by atoms with Gasteiger partial charge in [0.2, 0.25) is 5.28 Å². The van der Waals surface area contributed by atoms with Gasteiger partial charge in [0.25, 0.3) is 0 Å². The lowest BCUT2D eigenvalue weighted by atomic mass is 10.1. The first-order valence-electron chi connectivity index (χ1n) is 4.86. The Bertz CT molecular complexity index is 693. The number of nitrogens with zero attached hydrogens (tertiary/aromatic N) is 3. The van der Waals surface area contributed by atoms with E-state index in [4.69, 9.17) is 23.2 Å². The highest BCUT2D eigenvalue weighted by molar-refractivity contribution is 6.34. The van der Waals surface area contributed by atoms with Crippen LogP contribution in [0.15, 0.2) is 30.7 Å². The van der Waals surface area contributed by atoms with Crippen molar-refractivity contribution in [1.82, 2.24) is 19.9 Å². The van der Waals surface area contributed by atoms with Gasteiger partial charge in [-0.3, -0.25) is 0 Å². The lowest BCUT2D eigenvalue weighted by Gasteiger charge is -2.04. The van der Waals surface area contributed by atoms with Crippen LogP contribution in [-0.2, 0) is 0 Å². The van der Waals surface area contributed by atoms with E-state index in [1.807, 2.05) is 18.2 Å². The number of aromatic nitrogens is 4. The molecule has 0 unspecified atom stereocenters. The van der Waals surface area contributed by atoms with E-state index >= 15 is 0 Å². The number of nitrogens with one attached hydrogen (secondary N) is 1. The Morgan fingerprint density at radius 2 is 2.00 bits per heavy atom. The van der Waals surface area contributed by atoms with Gasteiger partial charge in [0.05, 0.1) is 34.3 Å². The van der Waals surface area contributed by atoms with Gasteiger partial charge in [-0.25, -0.2) is 15.0 Å². The molecule has 6 heteroatoms. The summed E-state index contributed by atoms with van der Waals surface area (Å²) < 4.78 is 0. The fourth-order valence-electron chi connectivity index (χ4n) is 1.69. The molecule has 0 aliphatic carbocycles. The SMILES string of the molecule is Clc1ncc(Cl)c(-c2cccc3[nH]cnc23)n1. The molecule has 0 fully saturated rings. The minimum Gasteiger partial charge on any atom is -0.345 e. The number of hydrogen-bond acceptors (Lipinski definition) is 3. The van der Waals surface area contributed by atoms with E-state index in [2.05, 4.69) is 19.9 Å². The van der Waals surface area contributed by atoms with Crippen molar-refractivity contribution in [3.63, 3.8) is 0 Å². The maximum atomic E-state index is 6.08. The second-order valence-electron chi connectivity index (χ2n) is 3.44. The predicted octanol–water partition coefficient (Wildman–Crippen LogP) is 3.33. The highest BCUT2D eigenvalue weighted by Gasteiger charge is 2.11. The summed E-state index contributed by atoms with van der Waals surface area (Å²) in [4.78, 5) is 15.2. The third-order valence-corrected chi connectivity index (χ3v) is 2.88. The number of fused-ring (bicyclic) bond motifs is 1. The smallest absolute Gasteiger partial charge is 0.222 e. The monoisotopic (exact) mass is 264 g/mol. The van der Waals surface area contributed by atoms with E-state index in [1.54, 1.807) is 6.33 Å². The van der Waals surface area contributed by atoms with Crippen molar-refractivity contribution in [1.29, 1.82) is 0 Å². The number of imidazole rings is 1. The van der Waals surface area contributed by atoms with Crippen LogP contribution in [0.1, 0.15) is 0 Å². The standard InChI is InChI=1S/C11H6Cl2N4/c12-7-4-14-11(13)17-9(7)6-2-1-3-8-10(6)16-5-15-8/h1-5H,(H,15,16). The zero-order valence-corrected chi connectivity index (χ0v) is 10.00. The number of H-pyrrole nitrogens is 1. The quantitative estimate of drug-likeness (QED) is 0.686. The maximum absolute atomic E-state index is 6.08. The molecule has 0 bridgehead atoms. The largest absolute Gasteiger partial charge is 0.345 e. The van der Waals surface area contributed by atoms with E-state index in [-0.39, 0.29) is 5.28 Å². The van der Waals surface area contributed by atoms with E-state index in [9.17, 15) is 0 Å². The fraction of sp³-hybridized carbons (Fsp3) is 0. The average Bonchev–Trinajstić information content (AvgIpc) is 2.80. The molecular weight excluding hydrogens is 259 g/mol. The summed E-state index contributed by atoms with van der Waals surface area (Å²) in [5.74, 6) is 0. The molecule has 0 spiro atoms. The normalized spacial score (nSPS) is 10.9. The van der Waals surface area contributed by atoms with Crippen molar-refractivity contribution in [2.75, 3.05) is 0 Å². The Morgan fingerprint density at radius 1 is 1.12 bits per heavy atom. The van der Waals surface area contributed by atoms with Gasteiger partial charge in [-0.2, -0.15) is 0 Å². The third kappa shape index (κ3) is 1.75. The van der Waals surface area contributed by atoms with Gasteiger partial charge in [-0.05, 0) is 17.7 Å². The van der Waals surface area contributed by atoms with Crippen LogP contribution in [0, 0.1) is 0 Å². The molecule has 0 amide bonds. The first-order chi connectivity index (χ1) is 8.25. The zero-order chi connectivity index (χ0) is 11.8. The summed E-state index contributed by atoms with van der Waals surface area (Å²) in [7, 11) is 0. The molecule has 1 aromatic carbocycles. The molecule has 0 saturated carbocycles. The van der Waals surface area contributed by atoms with Crippen LogP contribution in [0.3, 0.4) is 0 Å². The van der Waals surface area contributed by atoms with Crippen molar-refractivity contribution in [3.05, 3.63) is 41.0 Å². The molecule has 2 heterocycles. The molecule has 17 heavy (non-hydrogen) atoms. The Morgan fingerprint density at radius 3 is 2.88 bits per heavy atom. The van der Waals surface area contributed by atoms with E-state index in [1.165, 1.54) is 6.20 Å². The Hall–Kier alpha value is -1.65. The Labute approximate surface area is 107 Å². The first-order valence-corrected chi connectivity index (χ1v) is 5.62. The molecule has 2 aromatic heterocycles. The number of hydrogen-bond donors (Lipinski definition) is 1. The van der Waals surface area contributed by atoms with Crippen molar-refractivity contribution in [2.24, 2.45) is 0 Å². The van der Waals surface area contributed by atoms with Crippen LogP contribution >= 0.6 is 23.2 Å². The molecule has 84 valence electrons. The van der Waals surface area contributed by atoms with Crippen LogP contribution < -0.4 is 0 Å². The molecule has 0 aliphatic heterocycles. The average molecular weight is 265 g/mol. The zero-order valence-electron chi connectivity index (χ0n) is 8.48. The minimum absolute atomic E-state index is 0.164. The summed E-state index contributed by atoms with van der Waals surface area (Å²) in [6, 6.07) is 5.73. The highest BCUT2D eigenvalue weighted by atomic mass is 35.5. The summed E-state index contributed by atoms with van der Waals surface area (Å²) >= 11 is 11.9. The molecule has 3 aromatic rings. The molecule has 4 nitrogen and oxygen atoms in total. The Balaban J connectivity index is 2.34. The number of aromatic amines is 1. The van der Waals surface area contributed by atoms with Gasteiger partial charge >= 0.3 is 0 Å². The van der Waals surface area contributed by atoms with Gasteiger partial charge in [-0.1, -0.05) is 23.7 Å². The van der Waals surface area contributed by atoms with Crippen LogP contribution in [0.2, 0.25) is 10.3 Å². The van der Waals surface area contributed by atoms with Crippen molar-refractivity contribution in [3.8, 4) is 11.3 Å². The minimum atomic E-state index is 0.164. The summed E-state index contributed by atoms with van der Waals surface area (Å²) in [6.45, 7) is 0. The molecular formula is C11H6Cl2N4. The highest BCUT2D eigenvalue weighted by Crippen LogP contribution is 2.30. The van der Waals surface area contributed by atoms with Crippen LogP contribution in [0.5, 0.6) is 0 Å². The van der Waals surface area contributed by atoms with Gasteiger partial charge in [0.15, 0.2) is 0 Å². The molecule has 1 N–H and O–H groups in total. The molecule has 0 radical (unpaired) electrons. The van der Waals surface area contributed by atoms with E-state index in [0.29, 0.717) is 10.7 Å². The molecule has 0 atom stereocenters. The molecule has 0 aliphatic rings. The summed E-state index contributed by atoms with van der Waals surface area (Å²) in [5, 5.41) is 0.613. The van der Waals surface area contributed by atoms with Crippen LogP contribution in [-0.4, -0.2) is 19.9 Å². The van der Waals surface area contributed by atoms with Crippen molar-refractivity contribution >= 4 is 34.2 Å². The number of halogens is 2. The number of para-hydroxylation sites is 1.